The zero-order valence-electron chi connectivity index (χ0n) is 12.8. The Hall–Kier alpha value is -3.08. The number of nitriles is 1. The van der Waals surface area contributed by atoms with Crippen molar-refractivity contribution in [1.29, 1.82) is 5.26 Å². The van der Waals surface area contributed by atoms with Gasteiger partial charge in [0.1, 0.15) is 11.1 Å². The first-order valence-electron chi connectivity index (χ1n) is 7.31. The van der Waals surface area contributed by atoms with E-state index in [4.69, 9.17) is 4.42 Å². The highest BCUT2D eigenvalue weighted by Crippen LogP contribution is 2.29. The molecule has 0 aliphatic heterocycles. The Balaban J connectivity index is 1.64. The minimum Gasteiger partial charge on any atom is -0.462 e. The molecule has 0 N–H and O–H groups in total. The van der Waals surface area contributed by atoms with Crippen molar-refractivity contribution in [3.05, 3.63) is 64.4 Å². The monoisotopic (exact) mass is 362 g/mol. The maximum Gasteiger partial charge on any atom is 0.162 e. The second kappa shape index (κ2) is 6.81. The normalized spacial score (nSPS) is 11.4. The summed E-state index contributed by atoms with van der Waals surface area (Å²) in [6, 6.07) is 9.68. The molecule has 0 spiro atoms. The number of thiazole rings is 2. The van der Waals surface area contributed by atoms with Gasteiger partial charge in [0.25, 0.3) is 0 Å². The summed E-state index contributed by atoms with van der Waals surface area (Å²) in [4.78, 5) is 13.1. The third-order valence-electron chi connectivity index (χ3n) is 3.38. The van der Waals surface area contributed by atoms with Crippen molar-refractivity contribution in [2.24, 2.45) is 0 Å². The number of pyridine rings is 1. The Kier molecular flexibility index (Phi) is 4.21. The van der Waals surface area contributed by atoms with Gasteiger partial charge in [-0.2, -0.15) is 5.26 Å². The predicted octanol–water partition coefficient (Wildman–Crippen LogP) is 4.99. The number of rotatable bonds is 4. The lowest BCUT2D eigenvalue weighted by molar-refractivity contribution is 0.582. The average molecular weight is 362 g/mol. The van der Waals surface area contributed by atoms with Crippen LogP contribution in [0.2, 0.25) is 0 Å². The molecule has 120 valence electrons. The van der Waals surface area contributed by atoms with Crippen LogP contribution in [0.15, 0.2) is 58.1 Å². The second-order valence-corrected chi connectivity index (χ2v) is 6.71. The Bertz CT molecular complexity index is 1060. The van der Waals surface area contributed by atoms with Crippen LogP contribution in [-0.2, 0) is 0 Å². The van der Waals surface area contributed by atoms with Crippen LogP contribution in [0.4, 0.5) is 0 Å². The van der Waals surface area contributed by atoms with Crippen LogP contribution in [0, 0.1) is 11.3 Å². The van der Waals surface area contributed by atoms with Crippen molar-refractivity contribution < 1.29 is 4.42 Å². The largest absolute Gasteiger partial charge is 0.462 e. The second-order valence-electron chi connectivity index (χ2n) is 5.00. The molecule has 4 aromatic rings. The van der Waals surface area contributed by atoms with Gasteiger partial charge in [-0.25, -0.2) is 9.97 Å². The van der Waals surface area contributed by atoms with Crippen LogP contribution in [0.3, 0.4) is 0 Å². The SMILES string of the molecule is N#C/C(=C/c1csc(-c2ccco2)n1)c1nc(-c2ccncc2)cs1. The molecule has 0 atom stereocenters. The third-order valence-corrected chi connectivity index (χ3v) is 5.13. The smallest absolute Gasteiger partial charge is 0.162 e. The lowest BCUT2D eigenvalue weighted by atomic mass is 10.2. The van der Waals surface area contributed by atoms with Gasteiger partial charge in [0, 0.05) is 28.7 Å². The highest BCUT2D eigenvalue weighted by atomic mass is 32.1. The number of hydrogen-bond donors (Lipinski definition) is 0. The van der Waals surface area contributed by atoms with E-state index >= 15 is 0 Å². The van der Waals surface area contributed by atoms with E-state index in [0.29, 0.717) is 16.3 Å². The number of furan rings is 1. The van der Waals surface area contributed by atoms with Gasteiger partial charge in [0.05, 0.1) is 23.2 Å². The maximum absolute atomic E-state index is 9.51. The molecule has 0 radical (unpaired) electrons. The third kappa shape index (κ3) is 3.26. The molecule has 0 aliphatic rings. The number of nitrogens with zero attached hydrogens (tertiary/aromatic N) is 4. The Morgan fingerprint density at radius 3 is 2.76 bits per heavy atom. The van der Waals surface area contributed by atoms with Crippen molar-refractivity contribution in [2.75, 3.05) is 0 Å². The molecular formula is C18H10N4OS2. The molecule has 0 saturated heterocycles. The van der Waals surface area contributed by atoms with Gasteiger partial charge in [-0.1, -0.05) is 0 Å². The average Bonchev–Trinajstić information content (AvgIpc) is 3.41. The van der Waals surface area contributed by atoms with Gasteiger partial charge in [-0.05, 0) is 30.3 Å². The van der Waals surface area contributed by atoms with Crippen LogP contribution in [0.5, 0.6) is 0 Å². The van der Waals surface area contributed by atoms with Crippen molar-refractivity contribution in [3.63, 3.8) is 0 Å². The lowest BCUT2D eigenvalue weighted by Gasteiger charge is -1.94. The zero-order valence-corrected chi connectivity index (χ0v) is 14.4. The van der Waals surface area contributed by atoms with Crippen molar-refractivity contribution in [3.8, 4) is 28.1 Å². The molecule has 0 unspecified atom stereocenters. The summed E-state index contributed by atoms with van der Waals surface area (Å²) < 4.78 is 5.35. The van der Waals surface area contributed by atoms with E-state index in [0.717, 1.165) is 22.0 Å². The van der Waals surface area contributed by atoms with E-state index in [-0.39, 0.29) is 0 Å². The Labute approximate surface area is 151 Å². The fourth-order valence-corrected chi connectivity index (χ4v) is 3.75. The van der Waals surface area contributed by atoms with Gasteiger partial charge in [0.15, 0.2) is 10.8 Å². The van der Waals surface area contributed by atoms with Gasteiger partial charge in [-0.15, -0.1) is 22.7 Å². The predicted molar refractivity (Wildman–Crippen MR) is 98.6 cm³/mol. The quantitative estimate of drug-likeness (QED) is 0.478. The summed E-state index contributed by atoms with van der Waals surface area (Å²) in [6.45, 7) is 0. The maximum atomic E-state index is 9.51. The standard InChI is InChI=1S/C18H10N4OS2/c19-9-13(8-14-10-24-18(21-14)16-2-1-7-23-16)17-22-15(11-25-17)12-3-5-20-6-4-12/h1-8,10-11H/b13-8-. The van der Waals surface area contributed by atoms with E-state index in [1.807, 2.05) is 35.0 Å². The van der Waals surface area contributed by atoms with Gasteiger partial charge >= 0.3 is 0 Å². The molecule has 25 heavy (non-hydrogen) atoms. The molecular weight excluding hydrogens is 352 g/mol. The van der Waals surface area contributed by atoms with E-state index < -0.39 is 0 Å². The first kappa shape index (κ1) is 15.4. The zero-order chi connectivity index (χ0) is 17.1. The first-order valence-corrected chi connectivity index (χ1v) is 9.07. The van der Waals surface area contributed by atoms with Gasteiger partial charge < -0.3 is 4.42 Å². The van der Waals surface area contributed by atoms with Crippen LogP contribution < -0.4 is 0 Å². The number of aromatic nitrogens is 3. The summed E-state index contributed by atoms with van der Waals surface area (Å²) in [5.74, 6) is 0.720. The molecule has 4 heterocycles. The highest BCUT2D eigenvalue weighted by molar-refractivity contribution is 7.13. The summed E-state index contributed by atoms with van der Waals surface area (Å²) >= 11 is 2.91. The fraction of sp³-hybridized carbons (Fsp3) is 0. The lowest BCUT2D eigenvalue weighted by Crippen LogP contribution is -1.83. The van der Waals surface area contributed by atoms with Crippen molar-refractivity contribution >= 4 is 34.3 Å². The molecule has 4 rings (SSSR count). The molecule has 4 aromatic heterocycles. The number of allylic oxidation sites excluding steroid dienone is 1. The summed E-state index contributed by atoms with van der Waals surface area (Å²) in [5.41, 5.74) is 3.01. The summed E-state index contributed by atoms with van der Waals surface area (Å²) in [7, 11) is 0. The molecule has 0 fully saturated rings. The highest BCUT2D eigenvalue weighted by Gasteiger charge is 2.11. The van der Waals surface area contributed by atoms with Crippen LogP contribution in [0.1, 0.15) is 10.7 Å². The van der Waals surface area contributed by atoms with Gasteiger partial charge in [-0.3, -0.25) is 4.98 Å². The minimum absolute atomic E-state index is 0.488. The molecule has 0 aromatic carbocycles. The van der Waals surface area contributed by atoms with Crippen molar-refractivity contribution in [1.82, 2.24) is 15.0 Å². The molecule has 7 heteroatoms. The minimum atomic E-state index is 0.488. The number of hydrogen-bond acceptors (Lipinski definition) is 7. The fourth-order valence-electron chi connectivity index (χ4n) is 2.21. The van der Waals surface area contributed by atoms with Crippen LogP contribution in [-0.4, -0.2) is 15.0 Å². The molecule has 5 nitrogen and oxygen atoms in total. The van der Waals surface area contributed by atoms with Gasteiger partial charge in [0.2, 0.25) is 0 Å². The van der Waals surface area contributed by atoms with Crippen molar-refractivity contribution in [2.45, 2.75) is 0 Å². The van der Waals surface area contributed by atoms with Crippen LogP contribution >= 0.6 is 22.7 Å². The molecule has 0 amide bonds. The Morgan fingerprint density at radius 2 is 2.00 bits per heavy atom. The van der Waals surface area contributed by atoms with E-state index in [2.05, 4.69) is 21.0 Å². The van der Waals surface area contributed by atoms with E-state index in [1.54, 1.807) is 24.7 Å². The van der Waals surface area contributed by atoms with E-state index in [9.17, 15) is 5.26 Å². The molecule has 0 aliphatic carbocycles. The Morgan fingerprint density at radius 1 is 1.12 bits per heavy atom. The molecule has 0 bridgehead atoms. The first-order chi connectivity index (χ1) is 12.3. The molecule has 0 saturated carbocycles. The topological polar surface area (TPSA) is 75.6 Å². The van der Waals surface area contributed by atoms with E-state index in [1.165, 1.54) is 22.7 Å². The summed E-state index contributed by atoms with van der Waals surface area (Å²) in [5, 5.41) is 14.8. The van der Waals surface area contributed by atoms with Crippen LogP contribution in [0.25, 0.3) is 33.7 Å². The summed E-state index contributed by atoms with van der Waals surface area (Å²) in [6.07, 6.45) is 6.81.